The van der Waals surface area contributed by atoms with Crippen LogP contribution in [-0.4, -0.2) is 52.0 Å². The van der Waals surface area contributed by atoms with Crippen LogP contribution < -0.4 is 16.4 Å². The first-order valence-electron chi connectivity index (χ1n) is 9.33. The summed E-state index contributed by atoms with van der Waals surface area (Å²) >= 11 is 0. The highest BCUT2D eigenvalue weighted by Gasteiger charge is 2.49. The third-order valence-electron chi connectivity index (χ3n) is 5.49. The maximum absolute atomic E-state index is 11.3. The SMILES string of the molecule is N#Cc1cc(-c2cnc(N)c(-n3cc(C(N)=O)cn3)n2)ccc1N1CC2(COC2)C1. The summed E-state index contributed by atoms with van der Waals surface area (Å²) in [6, 6.07) is 7.90. The lowest BCUT2D eigenvalue weighted by atomic mass is 9.77. The van der Waals surface area contributed by atoms with Gasteiger partial charge in [0.1, 0.15) is 6.07 Å². The van der Waals surface area contributed by atoms with E-state index in [0.717, 1.165) is 37.6 Å². The molecule has 2 aromatic heterocycles. The maximum atomic E-state index is 11.3. The lowest BCUT2D eigenvalue weighted by Gasteiger charge is -2.56. The van der Waals surface area contributed by atoms with Gasteiger partial charge in [0, 0.05) is 24.8 Å². The van der Waals surface area contributed by atoms with Gasteiger partial charge < -0.3 is 21.1 Å². The zero-order valence-electron chi connectivity index (χ0n) is 15.9. The number of carbonyl (C=O) groups is 1. The molecule has 1 spiro atoms. The number of hydrogen-bond donors (Lipinski definition) is 2. The molecule has 0 unspecified atom stereocenters. The number of amides is 1. The monoisotopic (exact) mass is 402 g/mol. The fourth-order valence-electron chi connectivity index (χ4n) is 3.83. The summed E-state index contributed by atoms with van der Waals surface area (Å²) in [6.45, 7) is 3.37. The molecule has 5 rings (SSSR count). The van der Waals surface area contributed by atoms with Crippen molar-refractivity contribution in [2.75, 3.05) is 36.9 Å². The highest BCUT2D eigenvalue weighted by atomic mass is 16.5. The van der Waals surface area contributed by atoms with Crippen molar-refractivity contribution in [3.05, 3.63) is 47.9 Å². The van der Waals surface area contributed by atoms with Gasteiger partial charge in [-0.1, -0.05) is 6.07 Å². The number of nitrogen functional groups attached to an aromatic ring is 1. The topological polar surface area (TPSA) is 149 Å². The van der Waals surface area contributed by atoms with E-state index < -0.39 is 5.91 Å². The van der Waals surface area contributed by atoms with E-state index in [1.54, 1.807) is 6.07 Å². The largest absolute Gasteiger partial charge is 0.381 e. The van der Waals surface area contributed by atoms with Gasteiger partial charge in [-0.3, -0.25) is 4.79 Å². The van der Waals surface area contributed by atoms with Crippen molar-refractivity contribution < 1.29 is 9.53 Å². The molecule has 30 heavy (non-hydrogen) atoms. The quantitative estimate of drug-likeness (QED) is 0.648. The highest BCUT2D eigenvalue weighted by Crippen LogP contribution is 2.41. The van der Waals surface area contributed by atoms with Crippen molar-refractivity contribution in [1.82, 2.24) is 19.7 Å². The van der Waals surface area contributed by atoms with Crippen molar-refractivity contribution in [2.24, 2.45) is 11.1 Å². The standard InChI is InChI=1S/C20H18N8O2/c21-4-13-3-12(1-2-16(13)27-8-20(9-27)10-30-11-20)15-6-24-17(22)19(26-15)28-7-14(5-25-28)18(23)29/h1-3,5-7H,8-11H2,(H2,22,24)(H2,23,29). The minimum absolute atomic E-state index is 0.156. The average molecular weight is 402 g/mol. The molecule has 4 heterocycles. The van der Waals surface area contributed by atoms with Crippen LogP contribution in [0.25, 0.3) is 17.1 Å². The van der Waals surface area contributed by atoms with E-state index in [0.29, 0.717) is 11.3 Å². The van der Waals surface area contributed by atoms with Crippen molar-refractivity contribution in [1.29, 1.82) is 5.26 Å². The predicted octanol–water partition coefficient (Wildman–Crippen LogP) is 0.719. The summed E-state index contributed by atoms with van der Waals surface area (Å²) in [4.78, 5) is 22.3. The zero-order valence-corrected chi connectivity index (χ0v) is 15.9. The predicted molar refractivity (Wildman–Crippen MR) is 108 cm³/mol. The van der Waals surface area contributed by atoms with E-state index in [9.17, 15) is 10.1 Å². The number of aromatic nitrogens is 4. The van der Waals surface area contributed by atoms with Crippen LogP contribution in [0.15, 0.2) is 36.8 Å². The molecule has 150 valence electrons. The van der Waals surface area contributed by atoms with Gasteiger partial charge >= 0.3 is 0 Å². The molecular weight excluding hydrogens is 384 g/mol. The van der Waals surface area contributed by atoms with Crippen molar-refractivity contribution >= 4 is 17.4 Å². The van der Waals surface area contributed by atoms with Gasteiger partial charge in [0.05, 0.1) is 53.5 Å². The summed E-state index contributed by atoms with van der Waals surface area (Å²) in [5, 5.41) is 13.8. The van der Waals surface area contributed by atoms with Crippen LogP contribution in [0, 0.1) is 16.7 Å². The van der Waals surface area contributed by atoms with E-state index in [2.05, 4.69) is 26.0 Å². The molecule has 0 bridgehead atoms. The van der Waals surface area contributed by atoms with Gasteiger partial charge in [-0.2, -0.15) is 10.4 Å². The number of primary amides is 1. The lowest BCUT2D eigenvalue weighted by Crippen LogP contribution is -2.66. The number of nitriles is 1. The number of ether oxygens (including phenoxy) is 1. The molecule has 4 N–H and O–H groups in total. The van der Waals surface area contributed by atoms with E-state index in [-0.39, 0.29) is 22.6 Å². The first-order valence-corrected chi connectivity index (χ1v) is 9.33. The maximum Gasteiger partial charge on any atom is 0.251 e. The number of nitrogens with two attached hydrogens (primary N) is 2. The summed E-state index contributed by atoms with van der Waals surface area (Å²) < 4.78 is 6.67. The van der Waals surface area contributed by atoms with Gasteiger partial charge in [-0.25, -0.2) is 14.6 Å². The summed E-state index contributed by atoms with van der Waals surface area (Å²) in [6.07, 6.45) is 4.32. The number of carbonyl (C=O) groups excluding carboxylic acids is 1. The fourth-order valence-corrected chi connectivity index (χ4v) is 3.83. The molecule has 3 aromatic rings. The molecule has 0 aliphatic carbocycles. The first-order chi connectivity index (χ1) is 14.5. The van der Waals surface area contributed by atoms with Crippen LogP contribution in [0.5, 0.6) is 0 Å². The Morgan fingerprint density at radius 2 is 2.07 bits per heavy atom. The van der Waals surface area contributed by atoms with Crippen LogP contribution in [-0.2, 0) is 4.74 Å². The van der Waals surface area contributed by atoms with E-state index >= 15 is 0 Å². The minimum atomic E-state index is -0.598. The third kappa shape index (κ3) is 2.84. The Kier molecular flexibility index (Phi) is 3.94. The molecule has 0 saturated carbocycles. The van der Waals surface area contributed by atoms with Crippen molar-refractivity contribution in [3.63, 3.8) is 0 Å². The second-order valence-electron chi connectivity index (χ2n) is 7.69. The molecule has 2 aliphatic heterocycles. The van der Waals surface area contributed by atoms with Gasteiger partial charge in [-0.05, 0) is 12.1 Å². The molecule has 2 fully saturated rings. The van der Waals surface area contributed by atoms with Gasteiger partial charge in [0.2, 0.25) is 0 Å². The van der Waals surface area contributed by atoms with E-state index in [1.165, 1.54) is 23.3 Å². The normalized spacial score (nSPS) is 16.6. The smallest absolute Gasteiger partial charge is 0.251 e. The number of hydrogen-bond acceptors (Lipinski definition) is 8. The number of anilines is 2. The fraction of sp³-hybridized carbons (Fsp3) is 0.250. The molecule has 1 aromatic carbocycles. The van der Waals surface area contributed by atoms with E-state index in [4.69, 9.17) is 16.2 Å². The van der Waals surface area contributed by atoms with Crippen LogP contribution >= 0.6 is 0 Å². The second-order valence-corrected chi connectivity index (χ2v) is 7.69. The first kappa shape index (κ1) is 18.1. The molecular formula is C20H18N8O2. The molecule has 0 atom stereocenters. The Labute approximate surface area is 171 Å². The molecule has 2 aliphatic rings. The number of rotatable bonds is 4. The average Bonchev–Trinajstić information content (AvgIpc) is 3.17. The Bertz CT molecular complexity index is 1200. The van der Waals surface area contributed by atoms with Crippen LogP contribution in [0.2, 0.25) is 0 Å². The number of benzene rings is 1. The van der Waals surface area contributed by atoms with Gasteiger partial charge in [-0.15, -0.1) is 0 Å². The zero-order chi connectivity index (χ0) is 20.9. The van der Waals surface area contributed by atoms with Crippen molar-refractivity contribution in [3.8, 4) is 23.1 Å². The molecule has 1 amide bonds. The third-order valence-corrected chi connectivity index (χ3v) is 5.49. The second kappa shape index (κ2) is 6.53. The van der Waals surface area contributed by atoms with Crippen molar-refractivity contribution in [2.45, 2.75) is 0 Å². The van der Waals surface area contributed by atoms with Crippen LogP contribution in [0.3, 0.4) is 0 Å². The Balaban J connectivity index is 1.46. The van der Waals surface area contributed by atoms with Gasteiger partial charge in [0.15, 0.2) is 11.6 Å². The minimum Gasteiger partial charge on any atom is -0.381 e. The highest BCUT2D eigenvalue weighted by molar-refractivity contribution is 5.92. The molecule has 10 nitrogen and oxygen atoms in total. The summed E-state index contributed by atoms with van der Waals surface area (Å²) in [5.41, 5.74) is 14.5. The van der Waals surface area contributed by atoms with Gasteiger partial charge in [0.25, 0.3) is 5.91 Å². The Morgan fingerprint density at radius 3 is 2.70 bits per heavy atom. The molecule has 0 radical (unpaired) electrons. The number of nitrogens with zero attached hydrogens (tertiary/aromatic N) is 6. The molecule has 10 heteroatoms. The Hall–Kier alpha value is -3.97. The lowest BCUT2D eigenvalue weighted by molar-refractivity contribution is -0.127. The van der Waals surface area contributed by atoms with Crippen LogP contribution in [0.1, 0.15) is 15.9 Å². The van der Waals surface area contributed by atoms with E-state index in [1.807, 2.05) is 12.1 Å². The van der Waals surface area contributed by atoms with Crippen LogP contribution in [0.4, 0.5) is 11.5 Å². The summed E-state index contributed by atoms with van der Waals surface area (Å²) in [5.74, 6) is -0.166. The summed E-state index contributed by atoms with van der Waals surface area (Å²) in [7, 11) is 0. The Morgan fingerprint density at radius 1 is 1.27 bits per heavy atom. The molecule has 2 saturated heterocycles.